The first-order valence-corrected chi connectivity index (χ1v) is 27.2. The first-order valence-electron chi connectivity index (χ1n) is 27.2. The Kier molecular flexibility index (Phi) is 19.8. The van der Waals surface area contributed by atoms with Crippen molar-refractivity contribution in [3.05, 3.63) is 147 Å². The number of aromatic nitrogens is 12. The molecule has 0 amide bonds. The van der Waals surface area contributed by atoms with Crippen molar-refractivity contribution in [3.63, 3.8) is 0 Å². The van der Waals surface area contributed by atoms with Gasteiger partial charge in [-0.05, 0) is 36.4 Å². The maximum absolute atomic E-state index is 12.3. The molecule has 0 saturated heterocycles. The first-order chi connectivity index (χ1) is 43.9. The molecule has 90 heavy (non-hydrogen) atoms. The van der Waals surface area contributed by atoms with E-state index in [1.54, 1.807) is 91.0 Å². The van der Waals surface area contributed by atoms with Gasteiger partial charge in [-0.25, -0.2) is 14.4 Å². The highest BCUT2D eigenvalue weighted by atomic mass is 16.6. The van der Waals surface area contributed by atoms with Crippen LogP contribution in [-0.2, 0) is 76.5 Å². The van der Waals surface area contributed by atoms with Gasteiger partial charge in [-0.3, -0.25) is 14.4 Å². The van der Waals surface area contributed by atoms with Crippen LogP contribution in [0.3, 0.4) is 0 Å². The second kappa shape index (κ2) is 29.2. The molecule has 0 unspecified atom stereocenters. The van der Waals surface area contributed by atoms with Crippen molar-refractivity contribution >= 4 is 35.8 Å². The molecule has 0 bridgehead atoms. The minimum atomic E-state index is -0.631. The van der Waals surface area contributed by atoms with Crippen molar-refractivity contribution in [3.8, 4) is 103 Å². The third kappa shape index (κ3) is 16.2. The van der Waals surface area contributed by atoms with E-state index in [0.717, 1.165) is 18.2 Å². The van der Waals surface area contributed by atoms with E-state index < -0.39 is 35.8 Å². The van der Waals surface area contributed by atoms with Crippen molar-refractivity contribution in [2.45, 2.75) is 38.5 Å². The van der Waals surface area contributed by atoms with Crippen LogP contribution in [0.2, 0.25) is 0 Å². The van der Waals surface area contributed by atoms with Gasteiger partial charge in [-0.2, -0.15) is 29.9 Å². The lowest BCUT2D eigenvalue weighted by molar-refractivity contribution is -0.149. The van der Waals surface area contributed by atoms with Crippen LogP contribution in [0.4, 0.5) is 0 Å². The van der Waals surface area contributed by atoms with E-state index in [-0.39, 0.29) is 148 Å². The van der Waals surface area contributed by atoms with Gasteiger partial charge in [0.1, 0.15) is 39.6 Å². The summed E-state index contributed by atoms with van der Waals surface area (Å²) in [7, 11) is 0. The summed E-state index contributed by atoms with van der Waals surface area (Å²) in [4.78, 5) is 98.1. The van der Waals surface area contributed by atoms with Gasteiger partial charge in [-0.15, -0.1) is 0 Å². The van der Waals surface area contributed by atoms with Gasteiger partial charge in [0.05, 0.1) is 19.3 Å². The zero-order valence-electron chi connectivity index (χ0n) is 47.2. The molecule has 0 aliphatic carbocycles. The van der Waals surface area contributed by atoms with Gasteiger partial charge in [-0.1, -0.05) is 105 Å². The van der Waals surface area contributed by atoms with Gasteiger partial charge in [0, 0.05) is 87.6 Å². The Labute approximate surface area is 506 Å². The number of carbonyl (C=O) groups excluding carboxylic acids is 6. The first kappa shape index (κ1) is 60.9. The van der Waals surface area contributed by atoms with E-state index in [1.165, 1.54) is 0 Å². The summed E-state index contributed by atoms with van der Waals surface area (Å²) in [5.74, 6) is -1.53. The molecular formula is C60H48N12O18. The minimum Gasteiger partial charge on any atom is -0.462 e. The smallest absolute Gasteiger partial charge is 0.330 e. The average molecular weight is 1230 g/mol. The molecule has 0 atom stereocenters. The van der Waals surface area contributed by atoms with E-state index in [9.17, 15) is 28.8 Å². The molecule has 0 fully saturated rings. The Hall–Kier alpha value is -12.2. The third-order valence-corrected chi connectivity index (χ3v) is 12.4. The Morgan fingerprint density at radius 1 is 0.322 bits per heavy atom. The highest BCUT2D eigenvalue weighted by molar-refractivity contribution is 5.82. The molecule has 30 nitrogen and oxygen atoms in total. The topological polar surface area (TPSA) is 391 Å². The lowest BCUT2D eigenvalue weighted by Crippen LogP contribution is -2.13. The van der Waals surface area contributed by atoms with E-state index >= 15 is 0 Å². The summed E-state index contributed by atoms with van der Waals surface area (Å²) in [6, 6.07) is 26.1. The van der Waals surface area contributed by atoms with Gasteiger partial charge in [0.25, 0.3) is 17.7 Å². The maximum atomic E-state index is 12.3. The highest BCUT2D eigenvalue weighted by Crippen LogP contribution is 2.35. The van der Waals surface area contributed by atoms with Crippen molar-refractivity contribution < 1.29 is 84.3 Å². The number of carbonyl (C=O) groups is 6. The average Bonchev–Trinajstić information content (AvgIpc) is 2.23. The molecule has 10 aromatic rings. The number of hydrogen-bond donors (Lipinski definition) is 0. The molecule has 6 aromatic heterocycles. The molecule has 0 N–H and O–H groups in total. The molecule has 6 heterocycles. The Balaban J connectivity index is 0.872. The summed E-state index contributed by atoms with van der Waals surface area (Å²) < 4.78 is 63.6. The van der Waals surface area contributed by atoms with Crippen LogP contribution in [0.5, 0.6) is 0 Å². The quantitative estimate of drug-likeness (QED) is 0.0181. The molecular weight excluding hydrogens is 1180 g/mol. The molecule has 0 radical (unpaired) electrons. The highest BCUT2D eigenvalue weighted by Gasteiger charge is 2.23. The van der Waals surface area contributed by atoms with Gasteiger partial charge >= 0.3 is 35.8 Å². The second-order valence-electron chi connectivity index (χ2n) is 18.6. The van der Waals surface area contributed by atoms with Crippen LogP contribution < -0.4 is 0 Å². The molecule has 0 aliphatic heterocycles. The summed E-state index contributed by atoms with van der Waals surface area (Å²) in [5, 5.41) is 25.1. The normalized spacial score (nSPS) is 10.9. The van der Waals surface area contributed by atoms with Crippen LogP contribution in [0.1, 0.15) is 36.9 Å². The summed E-state index contributed by atoms with van der Waals surface area (Å²) >= 11 is 0. The van der Waals surface area contributed by atoms with E-state index in [1.807, 2.05) is 0 Å². The minimum absolute atomic E-state index is 0.0665. The van der Waals surface area contributed by atoms with Crippen molar-refractivity contribution in [2.24, 2.45) is 0 Å². The number of esters is 6. The predicted molar refractivity (Wildman–Crippen MR) is 304 cm³/mol. The molecule has 0 saturated carbocycles. The Bertz CT molecular complexity index is 3810. The summed E-state index contributed by atoms with van der Waals surface area (Å²) in [6.45, 7) is 9.21. The molecule has 0 aliphatic rings. The molecule has 10 rings (SSSR count). The fraction of sp³-hybridized carbons (Fsp3) is 0.200. The number of ether oxygens (including phenoxy) is 6. The van der Waals surface area contributed by atoms with Crippen molar-refractivity contribution in [1.82, 2.24) is 60.8 Å². The lowest BCUT2D eigenvalue weighted by atomic mass is 10.0. The zero-order valence-corrected chi connectivity index (χ0v) is 47.2. The number of benzene rings is 4. The predicted octanol–water partition coefficient (Wildman–Crippen LogP) is 7.60. The second-order valence-corrected chi connectivity index (χ2v) is 18.6. The van der Waals surface area contributed by atoms with E-state index in [0.29, 0.717) is 50.1 Å². The van der Waals surface area contributed by atoms with Crippen LogP contribution in [0.15, 0.2) is 156 Å². The monoisotopic (exact) mass is 1220 g/mol. The largest absolute Gasteiger partial charge is 0.462 e. The summed E-state index contributed by atoms with van der Waals surface area (Å²) in [5.41, 5.74) is 4.34. The lowest BCUT2D eigenvalue weighted by Gasteiger charge is -2.03. The van der Waals surface area contributed by atoms with Crippen molar-refractivity contribution in [2.75, 3.05) is 39.6 Å². The molecule has 30 heteroatoms. The number of nitrogens with zero attached hydrogens (tertiary/aromatic N) is 12. The number of aryl methyl sites for hydroxylation is 3. The van der Waals surface area contributed by atoms with Gasteiger partial charge < -0.3 is 55.6 Å². The van der Waals surface area contributed by atoms with Crippen LogP contribution in [0.25, 0.3) is 103 Å². The standard InChI is InChI=1S/C60H48N12O18/c1-4-46(73)79-22-25-82-49(76)19-16-43-61-52(67-85-43)34-10-7-13-37(28-34)55-64-58(88-70-55)40-31-41(59-65-56(71-89-59)38-14-8-11-35(29-38)53-62-44(86-68-53)17-20-50(77)83-26-23-80-47(74)5-2)33-42(32-40)60-66-57(72-90-60)39-15-9-12-36(30-39)54-63-45(87-69-54)18-21-51(78)84-27-24-81-48(75)6-3/h4-15,28-33H,1-3,16-27H2. The Morgan fingerprint density at radius 2 is 0.556 bits per heavy atom. The SMILES string of the molecule is C=CC(=O)OCCOC(=O)CCc1nc(-c2cccc(-c3noc(-c4cc(-c5nc(-c6cccc(-c7noc(CCC(=O)OCCOC(=O)C=C)n7)c6)no5)cc(-c5nc(-c6cccc(-c7noc(CCC(=O)OCCOC(=O)C=C)n7)c6)no5)c4)n3)c2)no1. The molecule has 0 spiro atoms. The number of hydrogen-bond acceptors (Lipinski definition) is 30. The fourth-order valence-electron chi connectivity index (χ4n) is 8.10. The Morgan fingerprint density at radius 3 is 0.822 bits per heavy atom. The van der Waals surface area contributed by atoms with Gasteiger partial charge in [0.15, 0.2) is 0 Å². The maximum Gasteiger partial charge on any atom is 0.330 e. The van der Waals surface area contributed by atoms with E-state index in [4.69, 9.17) is 70.5 Å². The van der Waals surface area contributed by atoms with Gasteiger partial charge in [0.2, 0.25) is 52.6 Å². The third-order valence-electron chi connectivity index (χ3n) is 12.4. The van der Waals surface area contributed by atoms with Crippen LogP contribution >= 0.6 is 0 Å². The van der Waals surface area contributed by atoms with E-state index in [2.05, 4.69) is 65.6 Å². The van der Waals surface area contributed by atoms with Crippen LogP contribution in [0, 0.1) is 0 Å². The zero-order chi connectivity index (χ0) is 62.8. The fourth-order valence-corrected chi connectivity index (χ4v) is 8.10. The number of rotatable bonds is 30. The van der Waals surface area contributed by atoms with Crippen LogP contribution in [-0.4, -0.2) is 136 Å². The molecule has 456 valence electrons. The summed E-state index contributed by atoms with van der Waals surface area (Å²) in [6.07, 6.45) is 3.09. The van der Waals surface area contributed by atoms with Crippen molar-refractivity contribution in [1.29, 1.82) is 0 Å². The molecule has 4 aromatic carbocycles.